The van der Waals surface area contributed by atoms with Gasteiger partial charge in [-0.15, -0.1) is 10.2 Å². The third kappa shape index (κ3) is 4.77. The van der Waals surface area contributed by atoms with Crippen molar-refractivity contribution in [1.82, 2.24) is 14.8 Å². The lowest BCUT2D eigenvalue weighted by Crippen LogP contribution is -2.41. The molecule has 1 aromatic heterocycles. The van der Waals surface area contributed by atoms with Gasteiger partial charge in [0.1, 0.15) is 12.1 Å². The zero-order valence-electron chi connectivity index (χ0n) is 18.4. The molecule has 0 bridgehead atoms. The number of hydrogen-bond acceptors (Lipinski definition) is 5. The number of carbonyl (C=O) groups excluding carboxylic acids is 1. The Labute approximate surface area is 187 Å². The summed E-state index contributed by atoms with van der Waals surface area (Å²) in [6.45, 7) is 6.32. The molecular formula is C24H28N4O2S. The smallest absolute Gasteiger partial charge is 0.237 e. The second-order valence-corrected chi connectivity index (χ2v) is 9.02. The van der Waals surface area contributed by atoms with Gasteiger partial charge in [-0.25, -0.2) is 0 Å². The molecule has 2 aromatic carbocycles. The fraction of sp³-hybridized carbons (Fsp3) is 0.375. The number of amides is 1. The summed E-state index contributed by atoms with van der Waals surface area (Å²) in [7, 11) is 1.65. The number of anilines is 1. The quantitative estimate of drug-likeness (QED) is 0.474. The number of nitrogens with zero attached hydrogens (tertiary/aromatic N) is 4. The molecule has 1 atom stereocenters. The minimum absolute atomic E-state index is 0.0733. The zero-order valence-corrected chi connectivity index (χ0v) is 19.2. The summed E-state index contributed by atoms with van der Waals surface area (Å²) in [6, 6.07) is 14.1. The van der Waals surface area contributed by atoms with E-state index in [2.05, 4.69) is 49.2 Å². The van der Waals surface area contributed by atoms with Gasteiger partial charge in [0.15, 0.2) is 5.16 Å². The Bertz CT molecular complexity index is 1060. The van der Waals surface area contributed by atoms with Crippen LogP contribution in [0.15, 0.2) is 53.9 Å². The predicted octanol–water partition coefficient (Wildman–Crippen LogP) is 4.82. The second kappa shape index (κ2) is 9.14. The zero-order chi connectivity index (χ0) is 22.0. The van der Waals surface area contributed by atoms with E-state index in [9.17, 15) is 4.79 Å². The molecule has 1 heterocycles. The molecule has 6 nitrogen and oxygen atoms in total. The van der Waals surface area contributed by atoms with Gasteiger partial charge in [0.2, 0.25) is 5.91 Å². The fourth-order valence-corrected chi connectivity index (χ4v) is 4.50. The molecule has 7 heteroatoms. The number of carbonyl (C=O) groups is 1. The summed E-state index contributed by atoms with van der Waals surface area (Å²) in [6.07, 6.45) is 4.05. The molecular weight excluding hydrogens is 408 g/mol. The van der Waals surface area contributed by atoms with Gasteiger partial charge >= 0.3 is 0 Å². The maximum atomic E-state index is 13.3. The molecule has 0 aliphatic heterocycles. The lowest BCUT2D eigenvalue weighted by Gasteiger charge is -2.29. The number of aryl methyl sites for hydroxylation is 2. The summed E-state index contributed by atoms with van der Waals surface area (Å²) in [5.74, 6) is 1.72. The lowest BCUT2D eigenvalue weighted by atomic mass is 10.1. The predicted molar refractivity (Wildman–Crippen MR) is 124 cm³/mol. The van der Waals surface area contributed by atoms with Crippen molar-refractivity contribution in [2.45, 2.75) is 44.8 Å². The van der Waals surface area contributed by atoms with E-state index in [0.717, 1.165) is 17.1 Å². The summed E-state index contributed by atoms with van der Waals surface area (Å²) >= 11 is 1.42. The molecule has 1 unspecified atom stereocenters. The van der Waals surface area contributed by atoms with Gasteiger partial charge in [0, 0.05) is 17.4 Å². The first-order chi connectivity index (χ1) is 15.0. The number of ether oxygens (including phenoxy) is 1. The summed E-state index contributed by atoms with van der Waals surface area (Å²) in [5, 5.41) is 9.04. The van der Waals surface area contributed by atoms with Crippen molar-refractivity contribution in [3.05, 3.63) is 59.9 Å². The highest BCUT2D eigenvalue weighted by molar-refractivity contribution is 7.99. The number of hydrogen-bond donors (Lipinski definition) is 0. The van der Waals surface area contributed by atoms with Gasteiger partial charge < -0.3 is 9.64 Å². The van der Waals surface area contributed by atoms with Gasteiger partial charge in [-0.05, 0) is 87.1 Å². The van der Waals surface area contributed by atoms with Gasteiger partial charge in [0.25, 0.3) is 0 Å². The molecule has 0 radical (unpaired) electrons. The topological polar surface area (TPSA) is 60.2 Å². The molecule has 1 fully saturated rings. The van der Waals surface area contributed by atoms with Crippen molar-refractivity contribution < 1.29 is 9.53 Å². The summed E-state index contributed by atoms with van der Waals surface area (Å²) < 4.78 is 7.21. The SMILES string of the molecule is COc1ccc(N(C(=O)CSc2nncn2-c2ccc(C)c(C)c2)C(C)C2CC2)cc1. The summed E-state index contributed by atoms with van der Waals surface area (Å²) in [5.41, 5.74) is 4.36. The normalized spacial score (nSPS) is 14.3. The number of methoxy groups -OCH3 is 1. The molecule has 1 aliphatic carbocycles. The molecule has 0 spiro atoms. The van der Waals surface area contributed by atoms with Crippen molar-refractivity contribution >= 4 is 23.4 Å². The van der Waals surface area contributed by atoms with E-state index in [1.807, 2.05) is 33.7 Å². The minimum atomic E-state index is 0.0733. The Morgan fingerprint density at radius 3 is 2.58 bits per heavy atom. The number of rotatable bonds is 8. The van der Waals surface area contributed by atoms with Crippen LogP contribution in [0, 0.1) is 19.8 Å². The molecule has 0 saturated heterocycles. The van der Waals surface area contributed by atoms with Crippen molar-refractivity contribution in [1.29, 1.82) is 0 Å². The highest BCUT2D eigenvalue weighted by Crippen LogP contribution is 2.37. The van der Waals surface area contributed by atoms with Crippen LogP contribution in [0.4, 0.5) is 5.69 Å². The van der Waals surface area contributed by atoms with Gasteiger partial charge in [-0.3, -0.25) is 9.36 Å². The van der Waals surface area contributed by atoms with Crippen LogP contribution in [0.1, 0.15) is 30.9 Å². The van der Waals surface area contributed by atoms with Crippen LogP contribution in [0.3, 0.4) is 0 Å². The molecule has 1 aliphatic rings. The van der Waals surface area contributed by atoms with E-state index in [0.29, 0.717) is 16.8 Å². The van der Waals surface area contributed by atoms with Gasteiger partial charge in [0.05, 0.1) is 12.9 Å². The Balaban J connectivity index is 1.52. The number of benzene rings is 2. The van der Waals surface area contributed by atoms with Crippen LogP contribution in [0.2, 0.25) is 0 Å². The first-order valence-corrected chi connectivity index (χ1v) is 11.5. The van der Waals surface area contributed by atoms with Crippen molar-refractivity contribution in [2.75, 3.05) is 17.8 Å². The van der Waals surface area contributed by atoms with E-state index >= 15 is 0 Å². The maximum absolute atomic E-state index is 13.3. The Kier molecular flexibility index (Phi) is 6.32. The van der Waals surface area contributed by atoms with E-state index in [1.165, 1.54) is 35.7 Å². The van der Waals surface area contributed by atoms with E-state index in [-0.39, 0.29) is 11.9 Å². The van der Waals surface area contributed by atoms with Crippen molar-refractivity contribution in [2.24, 2.45) is 5.92 Å². The van der Waals surface area contributed by atoms with Crippen LogP contribution in [-0.2, 0) is 4.79 Å². The highest BCUT2D eigenvalue weighted by atomic mass is 32.2. The molecule has 4 rings (SSSR count). The van der Waals surface area contributed by atoms with E-state index in [4.69, 9.17) is 4.74 Å². The second-order valence-electron chi connectivity index (χ2n) is 8.08. The Morgan fingerprint density at radius 1 is 1.19 bits per heavy atom. The molecule has 3 aromatic rings. The first-order valence-electron chi connectivity index (χ1n) is 10.5. The van der Waals surface area contributed by atoms with Crippen LogP contribution in [0.5, 0.6) is 5.75 Å². The third-order valence-electron chi connectivity index (χ3n) is 5.94. The van der Waals surface area contributed by atoms with Crippen LogP contribution in [-0.4, -0.2) is 39.6 Å². The van der Waals surface area contributed by atoms with Crippen molar-refractivity contribution in [3.63, 3.8) is 0 Å². The summed E-state index contributed by atoms with van der Waals surface area (Å²) in [4.78, 5) is 15.3. The maximum Gasteiger partial charge on any atom is 0.237 e. The average Bonchev–Trinajstić information content (AvgIpc) is 3.53. The van der Waals surface area contributed by atoms with Crippen LogP contribution in [0.25, 0.3) is 5.69 Å². The van der Waals surface area contributed by atoms with Gasteiger partial charge in [-0.1, -0.05) is 17.8 Å². The highest BCUT2D eigenvalue weighted by Gasteiger charge is 2.35. The standard InChI is InChI=1S/C24H28N4O2S/c1-16-5-8-21(13-17(16)2)27-15-25-26-24(27)31-14-23(29)28(18(3)19-6-7-19)20-9-11-22(30-4)12-10-20/h5,8-13,15,18-19H,6-7,14H2,1-4H3. The van der Waals surface area contributed by atoms with Crippen molar-refractivity contribution in [3.8, 4) is 11.4 Å². The third-order valence-corrected chi connectivity index (χ3v) is 6.87. The monoisotopic (exact) mass is 436 g/mol. The van der Waals surface area contributed by atoms with E-state index < -0.39 is 0 Å². The van der Waals surface area contributed by atoms with E-state index in [1.54, 1.807) is 13.4 Å². The molecule has 1 amide bonds. The van der Waals surface area contributed by atoms with Crippen LogP contribution < -0.4 is 9.64 Å². The lowest BCUT2D eigenvalue weighted by molar-refractivity contribution is -0.116. The molecule has 31 heavy (non-hydrogen) atoms. The van der Waals surface area contributed by atoms with Crippen LogP contribution >= 0.6 is 11.8 Å². The number of aromatic nitrogens is 3. The Morgan fingerprint density at radius 2 is 1.94 bits per heavy atom. The molecule has 162 valence electrons. The first kappa shape index (κ1) is 21.4. The average molecular weight is 437 g/mol. The van der Waals surface area contributed by atoms with Gasteiger partial charge in [-0.2, -0.15) is 0 Å². The fourth-order valence-electron chi connectivity index (χ4n) is 3.71. The largest absolute Gasteiger partial charge is 0.497 e. The number of thioether (sulfide) groups is 1. The minimum Gasteiger partial charge on any atom is -0.497 e. The molecule has 1 saturated carbocycles. The molecule has 0 N–H and O–H groups in total. The Hall–Kier alpha value is -2.80.